The molecule has 5 heterocycles. The van der Waals surface area contributed by atoms with E-state index in [0.717, 1.165) is 56.5 Å². The molecule has 0 saturated heterocycles. The van der Waals surface area contributed by atoms with E-state index in [1.807, 2.05) is 45.1 Å². The number of carbonyl (C=O) groups is 1. The molecular weight excluding hydrogens is 629 g/mol. The Morgan fingerprint density at radius 2 is 1.73 bits per heavy atom. The second kappa shape index (κ2) is 14.7. The van der Waals surface area contributed by atoms with E-state index in [0.29, 0.717) is 41.3 Å². The molecule has 8 bridgehead atoms. The van der Waals surface area contributed by atoms with Gasteiger partial charge in [0.25, 0.3) is 0 Å². The molecule has 0 amide bonds. The average molecular weight is 666 g/mol. The summed E-state index contributed by atoms with van der Waals surface area (Å²) >= 11 is 0. The van der Waals surface area contributed by atoms with Gasteiger partial charge in [0.2, 0.25) is 0 Å². The van der Waals surface area contributed by atoms with Crippen molar-refractivity contribution >= 4 is 35.3 Å². The van der Waals surface area contributed by atoms with Crippen molar-refractivity contribution in [3.63, 3.8) is 0 Å². The quantitative estimate of drug-likeness (QED) is 0.239. The summed E-state index contributed by atoms with van der Waals surface area (Å²) in [4.78, 5) is 32.2. The minimum atomic E-state index is -1.29. The van der Waals surface area contributed by atoms with Crippen molar-refractivity contribution in [2.45, 2.75) is 67.7 Å². The van der Waals surface area contributed by atoms with Gasteiger partial charge in [-0.15, -0.1) is 10.7 Å². The third-order valence-corrected chi connectivity index (χ3v) is 8.89. The van der Waals surface area contributed by atoms with E-state index in [4.69, 9.17) is 24.7 Å². The van der Waals surface area contributed by atoms with Crippen LogP contribution in [-0.4, -0.2) is 29.7 Å². The van der Waals surface area contributed by atoms with Gasteiger partial charge in [-0.05, 0) is 75.8 Å². The van der Waals surface area contributed by atoms with Crippen LogP contribution in [0.3, 0.4) is 0 Å². The standard InChI is InChI=1S/C35H39N4O4.Na.Zn/c1-9-22-17(4)25-14-27-19(6)24(12-13-31(40)43-11-3)33(38-27)21(8)34-32(35(41)42)20(7)28(39-34)16-30-23(10-2)18(5)26(37-30)15-29(22)36-25;;/h9,14-16,19,24H,1,10-13H2,2-8H3,(H2-,36,37,38,39,41,42);;/q-1;+1;+2/p-2/t19-,24-;;/m0../s1. The molecule has 0 fully saturated rings. The first-order valence-corrected chi connectivity index (χ1v) is 14.8. The van der Waals surface area contributed by atoms with Crippen LogP contribution in [0.4, 0.5) is 0 Å². The number of carbonyl (C=O) groups excluding carboxylic acids is 1. The monoisotopic (exact) mass is 664 g/mol. The molecular formula is C35H37N4NaO4Zn. The van der Waals surface area contributed by atoms with Crippen molar-refractivity contribution in [3.8, 4) is 0 Å². The van der Waals surface area contributed by atoms with E-state index in [9.17, 15) is 15.0 Å². The minimum Gasteiger partial charge on any atom is -0.883 e. The summed E-state index contributed by atoms with van der Waals surface area (Å²) in [5.41, 5.74) is 9.19. The van der Waals surface area contributed by atoms with Crippen LogP contribution in [0.2, 0.25) is 0 Å². The number of rotatable bonds is 6. The van der Waals surface area contributed by atoms with E-state index in [-0.39, 0.29) is 78.8 Å². The van der Waals surface area contributed by atoms with Gasteiger partial charge in [-0.25, -0.2) is 9.98 Å². The van der Waals surface area contributed by atoms with Gasteiger partial charge in [0, 0.05) is 35.2 Å². The van der Waals surface area contributed by atoms with Gasteiger partial charge in [0.1, 0.15) is 0 Å². The molecule has 0 N–H and O–H groups in total. The fourth-order valence-electron chi connectivity index (χ4n) is 6.38. The van der Waals surface area contributed by atoms with Crippen LogP contribution in [0.1, 0.15) is 65.5 Å². The molecule has 1 aromatic heterocycles. The van der Waals surface area contributed by atoms with E-state index < -0.39 is 5.95 Å². The van der Waals surface area contributed by atoms with Gasteiger partial charge in [-0.2, -0.15) is 5.95 Å². The Bertz CT molecular complexity index is 1830. The van der Waals surface area contributed by atoms with Crippen molar-refractivity contribution in [1.29, 1.82) is 0 Å². The molecule has 5 rings (SSSR count). The maximum Gasteiger partial charge on any atom is 2.00 e. The molecule has 1 aromatic rings. The Morgan fingerprint density at radius 3 is 2.36 bits per heavy atom. The van der Waals surface area contributed by atoms with Crippen molar-refractivity contribution in [2.75, 3.05) is 6.61 Å². The Balaban J connectivity index is 0.00000276. The van der Waals surface area contributed by atoms with Crippen LogP contribution in [0.15, 0.2) is 84.6 Å². The van der Waals surface area contributed by atoms with Crippen LogP contribution in [-0.2, 0) is 35.4 Å². The Labute approximate surface area is 299 Å². The maximum atomic E-state index is 12.5. The molecule has 2 atom stereocenters. The van der Waals surface area contributed by atoms with Gasteiger partial charge in [-0.1, -0.05) is 49.8 Å². The number of esters is 1. The van der Waals surface area contributed by atoms with Crippen LogP contribution < -0.4 is 55.5 Å². The molecule has 4 aliphatic heterocycles. The second-order valence-electron chi connectivity index (χ2n) is 11.3. The van der Waals surface area contributed by atoms with Crippen LogP contribution >= 0.6 is 0 Å². The SMILES string of the molecule is C=CC1=C(C)C2=CC3=NC(=C(C)C4=NC(=C(C)C4=C([O-])[O-])C=c4[n-]c(c(C)c4CC)=CC1=N2)[C@@H](CCC(=O)OCC)[C@@H]3C.[Na+].[Zn+2]. The zero-order valence-electron chi connectivity index (χ0n) is 27.6. The second-order valence-corrected chi connectivity index (χ2v) is 11.3. The van der Waals surface area contributed by atoms with E-state index in [1.54, 1.807) is 13.8 Å². The number of nitrogens with zero attached hydrogens (tertiary/aromatic N) is 4. The maximum absolute atomic E-state index is 12.5. The fourth-order valence-corrected chi connectivity index (χ4v) is 6.38. The van der Waals surface area contributed by atoms with Crippen LogP contribution in [0.25, 0.3) is 12.2 Å². The number of aliphatic imine (C=N–C) groups is 3. The van der Waals surface area contributed by atoms with E-state index in [1.165, 1.54) is 0 Å². The molecule has 224 valence electrons. The van der Waals surface area contributed by atoms with Gasteiger partial charge in [0.05, 0.1) is 29.4 Å². The number of allylic oxidation sites excluding steroid dienone is 9. The van der Waals surface area contributed by atoms with Crippen molar-refractivity contribution in [3.05, 3.63) is 91.5 Å². The van der Waals surface area contributed by atoms with E-state index in [2.05, 4.69) is 20.4 Å². The predicted molar refractivity (Wildman–Crippen MR) is 166 cm³/mol. The number of hydrogen-bond acceptors (Lipinski definition) is 7. The largest absolute Gasteiger partial charge is 2.00 e. The Hall–Kier alpha value is -2.84. The Morgan fingerprint density at radius 1 is 1.02 bits per heavy atom. The molecule has 0 radical (unpaired) electrons. The third-order valence-electron chi connectivity index (χ3n) is 8.89. The van der Waals surface area contributed by atoms with Crippen LogP contribution in [0.5, 0.6) is 0 Å². The summed E-state index contributed by atoms with van der Waals surface area (Å²) in [6.07, 6.45) is 9.13. The zero-order valence-corrected chi connectivity index (χ0v) is 32.6. The molecule has 0 spiro atoms. The van der Waals surface area contributed by atoms with Gasteiger partial charge >= 0.3 is 55.0 Å². The van der Waals surface area contributed by atoms with Gasteiger partial charge in [0.15, 0.2) is 0 Å². The molecule has 0 aliphatic carbocycles. The molecule has 45 heavy (non-hydrogen) atoms. The first-order valence-electron chi connectivity index (χ1n) is 14.8. The van der Waals surface area contributed by atoms with Crippen molar-refractivity contribution in [1.82, 2.24) is 4.98 Å². The number of ether oxygens (including phenoxy) is 1. The van der Waals surface area contributed by atoms with Crippen molar-refractivity contribution in [2.24, 2.45) is 26.8 Å². The van der Waals surface area contributed by atoms with Gasteiger partial charge < -0.3 is 19.9 Å². The predicted octanol–water partition coefficient (Wildman–Crippen LogP) is -0.0833. The molecule has 0 aromatic carbocycles. The molecule has 0 unspecified atom stereocenters. The summed E-state index contributed by atoms with van der Waals surface area (Å²) in [7, 11) is 0. The number of hydrogen-bond donors (Lipinski definition) is 0. The zero-order chi connectivity index (χ0) is 31.2. The topological polar surface area (TPSA) is 124 Å². The first-order chi connectivity index (χ1) is 20.5. The number of aromatic nitrogens is 1. The smallest absolute Gasteiger partial charge is 0.883 e. The summed E-state index contributed by atoms with van der Waals surface area (Å²) in [6, 6.07) is 0. The summed E-state index contributed by atoms with van der Waals surface area (Å²) in [5.74, 6) is -1.78. The summed E-state index contributed by atoms with van der Waals surface area (Å²) in [6.45, 7) is 18.0. The van der Waals surface area contributed by atoms with Gasteiger partial charge in [-0.3, -0.25) is 9.79 Å². The summed E-state index contributed by atoms with van der Waals surface area (Å²) in [5, 5.41) is 26.6. The minimum absolute atomic E-state index is 0. The molecule has 10 heteroatoms. The Kier molecular flexibility index (Phi) is 12.0. The number of fused-ring (bicyclic) bond motifs is 5. The normalized spacial score (nSPS) is 20.4. The first kappa shape index (κ1) is 36.6. The van der Waals surface area contributed by atoms with Crippen LogP contribution in [0, 0.1) is 18.8 Å². The molecule has 0 saturated carbocycles. The molecule has 8 nitrogen and oxygen atoms in total. The van der Waals surface area contributed by atoms with E-state index >= 15 is 0 Å². The fraction of sp³-hybridized carbons (Fsp3) is 0.371. The third kappa shape index (κ3) is 6.69. The molecule has 4 aliphatic rings. The average Bonchev–Trinajstić information content (AvgIpc) is 3.64. The summed E-state index contributed by atoms with van der Waals surface area (Å²) < 4.78 is 5.21. The van der Waals surface area contributed by atoms with Crippen molar-refractivity contribution < 1.29 is 68.8 Å².